The van der Waals surface area contributed by atoms with Crippen LogP contribution in [0.3, 0.4) is 0 Å². The van der Waals surface area contributed by atoms with Gasteiger partial charge in [0.25, 0.3) is 5.91 Å². The Hall–Kier alpha value is -2.94. The van der Waals surface area contributed by atoms with Crippen molar-refractivity contribution in [3.63, 3.8) is 0 Å². The summed E-state index contributed by atoms with van der Waals surface area (Å²) in [6.07, 6.45) is 2.14. The van der Waals surface area contributed by atoms with E-state index in [-0.39, 0.29) is 29.9 Å². The van der Waals surface area contributed by atoms with Crippen LogP contribution in [0, 0.1) is 0 Å². The number of ether oxygens (including phenoxy) is 1. The fourth-order valence-electron chi connectivity index (χ4n) is 4.92. The maximum atomic E-state index is 12.9. The molecule has 2 atom stereocenters. The molecular weight excluding hydrogens is 436 g/mol. The van der Waals surface area contributed by atoms with Crippen LogP contribution in [-0.4, -0.2) is 63.9 Å². The maximum absolute atomic E-state index is 12.9. The minimum Gasteiger partial charge on any atom is -0.444 e. The van der Waals surface area contributed by atoms with E-state index in [1.807, 2.05) is 39.0 Å². The van der Waals surface area contributed by atoms with Crippen molar-refractivity contribution in [3.05, 3.63) is 34.9 Å². The van der Waals surface area contributed by atoms with E-state index in [1.165, 1.54) is 0 Å². The van der Waals surface area contributed by atoms with E-state index in [0.29, 0.717) is 38.2 Å². The second-order valence-corrected chi connectivity index (χ2v) is 10.8. The van der Waals surface area contributed by atoms with Crippen LogP contribution in [0.15, 0.2) is 18.2 Å². The number of likely N-dealkylation sites (tertiary alicyclic amines) is 1. The van der Waals surface area contributed by atoms with Crippen molar-refractivity contribution in [2.24, 2.45) is 0 Å². The number of hydrogen-bond donors (Lipinski definition) is 2. The van der Waals surface area contributed by atoms with Gasteiger partial charge in [0.05, 0.1) is 0 Å². The summed E-state index contributed by atoms with van der Waals surface area (Å²) in [5, 5.41) is 5.93. The molecule has 3 aliphatic rings. The summed E-state index contributed by atoms with van der Waals surface area (Å²) in [4.78, 5) is 52.4. The largest absolute Gasteiger partial charge is 0.444 e. The summed E-state index contributed by atoms with van der Waals surface area (Å²) < 4.78 is 5.54. The molecule has 2 fully saturated rings. The second kappa shape index (κ2) is 9.02. The molecule has 0 radical (unpaired) electrons. The molecule has 9 heteroatoms. The Kier molecular flexibility index (Phi) is 6.42. The van der Waals surface area contributed by atoms with E-state index < -0.39 is 17.6 Å². The Morgan fingerprint density at radius 1 is 1.26 bits per heavy atom. The molecule has 0 spiro atoms. The number of amides is 4. The standard InChI is InChI=1S/C25H34N4O5/c1-24(2,3)34-23(33)28-11-5-10-25(4,15-28)26-13-16-6-7-18-17(12-16)14-29(22(18)32)19-8-9-20(30)27-21(19)31/h6-7,12,19,26H,5,8-11,13-15H2,1-4H3,(H,27,30,31)/t19?,25-/m0/s1. The van der Waals surface area contributed by atoms with Crippen molar-refractivity contribution >= 4 is 23.8 Å². The number of rotatable bonds is 4. The van der Waals surface area contributed by atoms with Crippen molar-refractivity contribution in [2.75, 3.05) is 13.1 Å². The number of fused-ring (bicyclic) bond motifs is 1. The molecule has 1 unspecified atom stereocenters. The number of hydrogen-bond acceptors (Lipinski definition) is 6. The summed E-state index contributed by atoms with van der Waals surface area (Å²) in [6, 6.07) is 5.13. The van der Waals surface area contributed by atoms with Crippen LogP contribution >= 0.6 is 0 Å². The summed E-state index contributed by atoms with van der Waals surface area (Å²) in [5.41, 5.74) is 1.75. The van der Waals surface area contributed by atoms with Gasteiger partial charge in [-0.25, -0.2) is 4.79 Å². The Labute approximate surface area is 200 Å². The van der Waals surface area contributed by atoms with Gasteiger partial charge in [-0.2, -0.15) is 0 Å². The highest BCUT2D eigenvalue weighted by Crippen LogP contribution is 2.29. The SMILES string of the molecule is CC(C)(C)OC(=O)N1CCC[C@](C)(NCc2ccc3c(c2)CN(C2CCC(=O)NC2=O)C3=O)C1. The highest BCUT2D eigenvalue weighted by molar-refractivity contribution is 6.05. The lowest BCUT2D eigenvalue weighted by Gasteiger charge is -2.41. The zero-order valence-corrected chi connectivity index (χ0v) is 20.4. The molecule has 1 aromatic rings. The predicted molar refractivity (Wildman–Crippen MR) is 125 cm³/mol. The number of nitrogens with one attached hydrogen (secondary N) is 2. The van der Waals surface area contributed by atoms with Crippen LogP contribution in [-0.2, 0) is 27.4 Å². The number of carbonyl (C=O) groups excluding carboxylic acids is 4. The van der Waals surface area contributed by atoms with Gasteiger partial charge in [0.1, 0.15) is 11.6 Å². The van der Waals surface area contributed by atoms with Crippen LogP contribution in [0.4, 0.5) is 4.79 Å². The number of nitrogens with zero attached hydrogens (tertiary/aromatic N) is 2. The first-order valence-electron chi connectivity index (χ1n) is 11.9. The van der Waals surface area contributed by atoms with Crippen LogP contribution in [0.25, 0.3) is 0 Å². The number of piperidine rings is 2. The van der Waals surface area contributed by atoms with Gasteiger partial charge in [-0.05, 0) is 64.2 Å². The Bertz CT molecular complexity index is 1020. The summed E-state index contributed by atoms with van der Waals surface area (Å²) >= 11 is 0. The molecule has 0 saturated carbocycles. The Morgan fingerprint density at radius 3 is 2.74 bits per heavy atom. The number of carbonyl (C=O) groups is 4. The van der Waals surface area contributed by atoms with E-state index in [2.05, 4.69) is 17.6 Å². The zero-order valence-electron chi connectivity index (χ0n) is 20.4. The molecule has 0 bridgehead atoms. The monoisotopic (exact) mass is 470 g/mol. The third-order valence-corrected chi connectivity index (χ3v) is 6.66. The summed E-state index contributed by atoms with van der Waals surface area (Å²) in [7, 11) is 0. The molecule has 0 aliphatic carbocycles. The molecule has 3 aliphatic heterocycles. The molecule has 2 saturated heterocycles. The van der Waals surface area contributed by atoms with Gasteiger partial charge in [0.2, 0.25) is 11.8 Å². The molecule has 1 aromatic carbocycles. The van der Waals surface area contributed by atoms with Gasteiger partial charge >= 0.3 is 6.09 Å². The van der Waals surface area contributed by atoms with E-state index in [4.69, 9.17) is 4.74 Å². The second-order valence-electron chi connectivity index (χ2n) is 10.8. The van der Waals surface area contributed by atoms with Gasteiger partial charge in [-0.1, -0.05) is 12.1 Å². The molecule has 2 N–H and O–H groups in total. The molecule has 3 heterocycles. The van der Waals surface area contributed by atoms with E-state index in [0.717, 1.165) is 24.0 Å². The lowest BCUT2D eigenvalue weighted by atomic mass is 9.91. The van der Waals surface area contributed by atoms with Crippen molar-refractivity contribution in [2.45, 2.75) is 83.6 Å². The minimum atomic E-state index is -0.612. The third kappa shape index (κ3) is 5.24. The fraction of sp³-hybridized carbons (Fsp3) is 0.600. The minimum absolute atomic E-state index is 0.170. The lowest BCUT2D eigenvalue weighted by molar-refractivity contribution is -0.136. The van der Waals surface area contributed by atoms with Crippen LogP contribution in [0.2, 0.25) is 0 Å². The lowest BCUT2D eigenvalue weighted by Crippen LogP contribution is -2.56. The molecule has 184 valence electrons. The topological polar surface area (TPSA) is 108 Å². The number of imide groups is 1. The van der Waals surface area contributed by atoms with Crippen LogP contribution in [0.5, 0.6) is 0 Å². The molecule has 4 amide bonds. The van der Waals surface area contributed by atoms with Crippen LogP contribution < -0.4 is 10.6 Å². The Morgan fingerprint density at radius 2 is 2.03 bits per heavy atom. The smallest absolute Gasteiger partial charge is 0.410 e. The van der Waals surface area contributed by atoms with Gasteiger partial charge in [0.15, 0.2) is 0 Å². The highest BCUT2D eigenvalue weighted by atomic mass is 16.6. The first-order chi connectivity index (χ1) is 15.9. The maximum Gasteiger partial charge on any atom is 0.410 e. The van der Waals surface area contributed by atoms with Crippen molar-refractivity contribution in [3.8, 4) is 0 Å². The van der Waals surface area contributed by atoms with Crippen molar-refractivity contribution in [1.29, 1.82) is 0 Å². The predicted octanol–water partition coefficient (Wildman–Crippen LogP) is 2.33. The summed E-state index contributed by atoms with van der Waals surface area (Å²) in [5.74, 6) is -0.865. The van der Waals surface area contributed by atoms with Gasteiger partial charge in [-0.3, -0.25) is 19.7 Å². The fourth-order valence-corrected chi connectivity index (χ4v) is 4.92. The normalized spacial score (nSPS) is 25.3. The first-order valence-corrected chi connectivity index (χ1v) is 11.9. The molecule has 34 heavy (non-hydrogen) atoms. The zero-order chi connectivity index (χ0) is 24.7. The average Bonchev–Trinajstić information content (AvgIpc) is 3.07. The third-order valence-electron chi connectivity index (χ3n) is 6.66. The Balaban J connectivity index is 1.38. The van der Waals surface area contributed by atoms with Crippen LogP contribution in [0.1, 0.15) is 74.9 Å². The first kappa shape index (κ1) is 24.2. The van der Waals surface area contributed by atoms with Crippen molar-refractivity contribution < 1.29 is 23.9 Å². The molecule has 9 nitrogen and oxygen atoms in total. The van der Waals surface area contributed by atoms with E-state index >= 15 is 0 Å². The van der Waals surface area contributed by atoms with Crippen molar-refractivity contribution in [1.82, 2.24) is 20.4 Å². The quantitative estimate of drug-likeness (QED) is 0.654. The van der Waals surface area contributed by atoms with Gasteiger partial charge in [-0.15, -0.1) is 0 Å². The highest BCUT2D eigenvalue weighted by Gasteiger charge is 2.39. The number of benzene rings is 1. The average molecular weight is 471 g/mol. The van der Waals surface area contributed by atoms with E-state index in [9.17, 15) is 19.2 Å². The molecule has 0 aromatic heterocycles. The van der Waals surface area contributed by atoms with E-state index in [1.54, 1.807) is 9.80 Å². The molecular formula is C25H34N4O5. The summed E-state index contributed by atoms with van der Waals surface area (Å²) in [6.45, 7) is 9.92. The molecule has 4 rings (SSSR count). The van der Waals surface area contributed by atoms with Gasteiger partial charge in [0, 0.05) is 43.7 Å². The van der Waals surface area contributed by atoms with Gasteiger partial charge < -0.3 is 19.9 Å².